The second-order valence-corrected chi connectivity index (χ2v) is 5.36. The first-order valence-corrected chi connectivity index (χ1v) is 6.99. The van der Waals surface area contributed by atoms with Crippen molar-refractivity contribution in [3.8, 4) is 0 Å². The van der Waals surface area contributed by atoms with E-state index in [-0.39, 0.29) is 0 Å². The van der Waals surface area contributed by atoms with Gasteiger partial charge in [-0.15, -0.1) is 0 Å². The Bertz CT molecular complexity index is 188. The number of rotatable bonds is 3. The van der Waals surface area contributed by atoms with E-state index in [9.17, 15) is 0 Å². The zero-order valence-electron chi connectivity index (χ0n) is 10.7. The van der Waals surface area contributed by atoms with Gasteiger partial charge in [0.05, 0.1) is 0 Å². The van der Waals surface area contributed by atoms with Gasteiger partial charge in [-0.2, -0.15) is 0 Å². The average Bonchev–Trinajstić information content (AvgIpc) is 2.56. The van der Waals surface area contributed by atoms with Gasteiger partial charge in [0, 0.05) is 19.1 Å². The molecule has 0 aromatic rings. The van der Waals surface area contributed by atoms with Crippen molar-refractivity contribution in [2.24, 2.45) is 0 Å². The molecule has 1 N–H and O–H groups in total. The number of likely N-dealkylation sites (tertiary alicyclic amines) is 1. The summed E-state index contributed by atoms with van der Waals surface area (Å²) in [7, 11) is 2.30. The van der Waals surface area contributed by atoms with Crippen molar-refractivity contribution < 1.29 is 0 Å². The highest BCUT2D eigenvalue weighted by atomic mass is 15.2. The van der Waals surface area contributed by atoms with E-state index in [0.29, 0.717) is 0 Å². The molecule has 0 aliphatic carbocycles. The van der Waals surface area contributed by atoms with E-state index in [4.69, 9.17) is 0 Å². The number of nitrogens with one attached hydrogen (secondary N) is 1. The van der Waals surface area contributed by atoms with E-state index in [1.807, 2.05) is 0 Å². The summed E-state index contributed by atoms with van der Waals surface area (Å²) in [5.41, 5.74) is 0. The zero-order valence-corrected chi connectivity index (χ0v) is 10.7. The first-order valence-electron chi connectivity index (χ1n) is 6.99. The standard InChI is InChI=1S/C13H27N3/c1-15-9-3-2-5-13(15)6-11-16-10-4-7-14-8-12-16/h13-14H,2-12H2,1H3. The minimum absolute atomic E-state index is 0.852. The predicted octanol–water partition coefficient (Wildman–Crippen LogP) is 1.16. The number of hydrogen-bond acceptors (Lipinski definition) is 3. The van der Waals surface area contributed by atoms with Crippen LogP contribution < -0.4 is 5.32 Å². The summed E-state index contributed by atoms with van der Waals surface area (Å²) in [6.45, 7) is 7.54. The van der Waals surface area contributed by atoms with E-state index < -0.39 is 0 Å². The highest BCUT2D eigenvalue weighted by Gasteiger charge is 2.19. The van der Waals surface area contributed by atoms with Gasteiger partial charge in [0.1, 0.15) is 0 Å². The normalized spacial score (nSPS) is 30.2. The van der Waals surface area contributed by atoms with Crippen LogP contribution in [0, 0.1) is 0 Å². The Hall–Kier alpha value is -0.120. The lowest BCUT2D eigenvalue weighted by atomic mass is 10.00. The third-order valence-electron chi connectivity index (χ3n) is 4.13. The molecule has 0 amide bonds. The molecule has 3 heteroatoms. The minimum atomic E-state index is 0.852. The molecule has 0 aromatic carbocycles. The molecule has 0 radical (unpaired) electrons. The van der Waals surface area contributed by atoms with Gasteiger partial charge in [-0.25, -0.2) is 0 Å². The van der Waals surface area contributed by atoms with Crippen molar-refractivity contribution in [3.05, 3.63) is 0 Å². The van der Waals surface area contributed by atoms with Gasteiger partial charge in [0.2, 0.25) is 0 Å². The summed E-state index contributed by atoms with van der Waals surface area (Å²) in [6, 6.07) is 0.852. The summed E-state index contributed by atoms with van der Waals surface area (Å²) in [4.78, 5) is 5.21. The molecule has 2 aliphatic heterocycles. The van der Waals surface area contributed by atoms with Crippen molar-refractivity contribution in [2.45, 2.75) is 38.1 Å². The maximum absolute atomic E-state index is 3.47. The van der Waals surface area contributed by atoms with Gasteiger partial charge >= 0.3 is 0 Å². The Morgan fingerprint density at radius 3 is 2.88 bits per heavy atom. The summed E-state index contributed by atoms with van der Waals surface area (Å²) in [5, 5.41) is 3.47. The van der Waals surface area contributed by atoms with Crippen LogP contribution in [0.5, 0.6) is 0 Å². The zero-order chi connectivity index (χ0) is 11.2. The molecule has 3 nitrogen and oxygen atoms in total. The molecule has 2 heterocycles. The smallest absolute Gasteiger partial charge is 0.0107 e. The maximum Gasteiger partial charge on any atom is 0.0107 e. The van der Waals surface area contributed by atoms with Crippen LogP contribution in [0.4, 0.5) is 0 Å². The molecular formula is C13H27N3. The molecule has 0 saturated carbocycles. The Morgan fingerprint density at radius 2 is 2.00 bits per heavy atom. The molecule has 1 unspecified atom stereocenters. The second kappa shape index (κ2) is 6.58. The first-order chi connectivity index (χ1) is 7.86. The minimum Gasteiger partial charge on any atom is -0.315 e. The van der Waals surface area contributed by atoms with Crippen LogP contribution in [0.2, 0.25) is 0 Å². The Labute approximate surface area is 100 Å². The fourth-order valence-electron chi connectivity index (χ4n) is 2.97. The van der Waals surface area contributed by atoms with Crippen LogP contribution in [0.15, 0.2) is 0 Å². The molecule has 0 spiro atoms. The van der Waals surface area contributed by atoms with Crippen LogP contribution in [0.3, 0.4) is 0 Å². The molecule has 2 fully saturated rings. The molecular weight excluding hydrogens is 198 g/mol. The number of hydrogen-bond donors (Lipinski definition) is 1. The van der Waals surface area contributed by atoms with E-state index >= 15 is 0 Å². The highest BCUT2D eigenvalue weighted by Crippen LogP contribution is 2.18. The highest BCUT2D eigenvalue weighted by molar-refractivity contribution is 4.76. The van der Waals surface area contributed by atoms with Crippen molar-refractivity contribution in [3.63, 3.8) is 0 Å². The fourth-order valence-corrected chi connectivity index (χ4v) is 2.97. The monoisotopic (exact) mass is 225 g/mol. The topological polar surface area (TPSA) is 18.5 Å². The summed E-state index contributed by atoms with van der Waals surface area (Å²) in [6.07, 6.45) is 6.96. The van der Waals surface area contributed by atoms with E-state index in [1.54, 1.807) is 0 Å². The molecule has 94 valence electrons. The van der Waals surface area contributed by atoms with Crippen LogP contribution in [-0.4, -0.2) is 62.2 Å². The third-order valence-corrected chi connectivity index (χ3v) is 4.13. The molecule has 1 atom stereocenters. The van der Waals surface area contributed by atoms with E-state index in [1.165, 1.54) is 71.4 Å². The van der Waals surface area contributed by atoms with Gasteiger partial charge in [0.25, 0.3) is 0 Å². The predicted molar refractivity (Wildman–Crippen MR) is 68.8 cm³/mol. The Kier molecular flexibility index (Phi) is 5.07. The second-order valence-electron chi connectivity index (χ2n) is 5.36. The lowest BCUT2D eigenvalue weighted by Gasteiger charge is -2.34. The lowest BCUT2D eigenvalue weighted by Crippen LogP contribution is -2.39. The molecule has 2 aliphatic rings. The SMILES string of the molecule is CN1CCCCC1CCN1CCCNCC1. The summed E-state index contributed by atoms with van der Waals surface area (Å²) in [5.74, 6) is 0. The maximum atomic E-state index is 3.47. The third kappa shape index (κ3) is 3.72. The lowest BCUT2D eigenvalue weighted by molar-refractivity contribution is 0.156. The Morgan fingerprint density at radius 1 is 1.06 bits per heavy atom. The van der Waals surface area contributed by atoms with Gasteiger partial charge in [-0.05, 0) is 58.9 Å². The van der Waals surface area contributed by atoms with Crippen LogP contribution in [0.1, 0.15) is 32.1 Å². The van der Waals surface area contributed by atoms with Crippen LogP contribution in [0.25, 0.3) is 0 Å². The van der Waals surface area contributed by atoms with Crippen LogP contribution >= 0.6 is 0 Å². The first kappa shape index (κ1) is 12.3. The molecule has 16 heavy (non-hydrogen) atoms. The largest absolute Gasteiger partial charge is 0.315 e. The quantitative estimate of drug-likeness (QED) is 0.777. The van der Waals surface area contributed by atoms with E-state index in [0.717, 1.165) is 6.04 Å². The summed E-state index contributed by atoms with van der Waals surface area (Å²) >= 11 is 0. The van der Waals surface area contributed by atoms with Gasteiger partial charge in [0.15, 0.2) is 0 Å². The van der Waals surface area contributed by atoms with Gasteiger partial charge in [-0.1, -0.05) is 6.42 Å². The summed E-state index contributed by atoms with van der Waals surface area (Å²) < 4.78 is 0. The van der Waals surface area contributed by atoms with Gasteiger partial charge < -0.3 is 15.1 Å². The number of nitrogens with zero attached hydrogens (tertiary/aromatic N) is 2. The number of piperidine rings is 1. The molecule has 0 aromatic heterocycles. The van der Waals surface area contributed by atoms with E-state index in [2.05, 4.69) is 22.2 Å². The average molecular weight is 225 g/mol. The fraction of sp³-hybridized carbons (Fsp3) is 1.00. The van der Waals surface area contributed by atoms with Crippen LogP contribution in [-0.2, 0) is 0 Å². The molecule has 2 saturated heterocycles. The van der Waals surface area contributed by atoms with Gasteiger partial charge in [-0.3, -0.25) is 0 Å². The Balaban J connectivity index is 1.68. The van der Waals surface area contributed by atoms with Crippen molar-refractivity contribution in [1.82, 2.24) is 15.1 Å². The molecule has 2 rings (SSSR count). The van der Waals surface area contributed by atoms with Crippen molar-refractivity contribution >= 4 is 0 Å². The van der Waals surface area contributed by atoms with Crippen molar-refractivity contribution in [1.29, 1.82) is 0 Å². The van der Waals surface area contributed by atoms with Crippen molar-refractivity contribution in [2.75, 3.05) is 46.3 Å². The molecule has 0 bridgehead atoms.